The van der Waals surface area contributed by atoms with Crippen LogP contribution >= 0.6 is 0 Å². The van der Waals surface area contributed by atoms with Crippen molar-refractivity contribution >= 4 is 32.2 Å². The van der Waals surface area contributed by atoms with Crippen LogP contribution in [0.3, 0.4) is 0 Å². The molecule has 0 saturated carbocycles. The minimum atomic E-state index is -3.40. The minimum Gasteiger partial charge on any atom is -0.326 e. The quantitative estimate of drug-likeness (QED) is 0.683. The first-order chi connectivity index (χ1) is 12.8. The zero-order valence-corrected chi connectivity index (χ0v) is 16.2. The summed E-state index contributed by atoms with van der Waals surface area (Å²) in [6.07, 6.45) is 1.13. The van der Waals surface area contributed by atoms with Gasteiger partial charge in [-0.3, -0.25) is 4.79 Å². The third-order valence-electron chi connectivity index (χ3n) is 4.34. The van der Waals surface area contributed by atoms with Gasteiger partial charge in [-0.25, -0.2) is 8.42 Å². The smallest absolute Gasteiger partial charge is 0.279 e. The Morgan fingerprint density at radius 1 is 0.963 bits per heavy atom. The Hall–Kier alpha value is -2.70. The third kappa shape index (κ3) is 4.93. The predicted octanol–water partition coefficient (Wildman–Crippen LogP) is 1.90. The number of carbonyl (C=O) groups excluding carboxylic acids is 1. The molecule has 1 unspecified atom stereocenters. The number of rotatable bonds is 6. The van der Waals surface area contributed by atoms with E-state index in [1.807, 2.05) is 19.2 Å². The van der Waals surface area contributed by atoms with Crippen molar-refractivity contribution in [3.05, 3.63) is 72.3 Å². The molecular formula is C21H23N2O3S+. The number of carbonyl (C=O) groups is 1. The molecule has 6 heteroatoms. The zero-order chi connectivity index (χ0) is 19.4. The molecule has 0 heterocycles. The molecule has 0 aliphatic rings. The Kier molecular flexibility index (Phi) is 5.58. The van der Waals surface area contributed by atoms with E-state index in [-0.39, 0.29) is 17.3 Å². The zero-order valence-electron chi connectivity index (χ0n) is 15.4. The molecule has 0 saturated heterocycles. The molecular weight excluding hydrogens is 360 g/mol. The van der Waals surface area contributed by atoms with Crippen molar-refractivity contribution in [2.45, 2.75) is 11.4 Å². The number of fused-ring (bicyclic) bond motifs is 1. The molecule has 27 heavy (non-hydrogen) atoms. The SMILES string of the molecule is C[NH+](CC(=O)Nc1ccccc1S(C)(=O)=O)Cc1ccc2ccccc2c1. The van der Waals surface area contributed by atoms with E-state index < -0.39 is 9.84 Å². The molecule has 2 N–H and O–H groups in total. The molecule has 0 fully saturated rings. The van der Waals surface area contributed by atoms with Crippen molar-refractivity contribution in [1.29, 1.82) is 0 Å². The average molecular weight is 383 g/mol. The molecule has 0 bridgehead atoms. The van der Waals surface area contributed by atoms with Crippen LogP contribution in [0.2, 0.25) is 0 Å². The molecule has 5 nitrogen and oxygen atoms in total. The number of nitrogens with one attached hydrogen (secondary N) is 2. The lowest BCUT2D eigenvalue weighted by atomic mass is 10.1. The maximum atomic E-state index is 12.4. The highest BCUT2D eigenvalue weighted by atomic mass is 32.2. The minimum absolute atomic E-state index is 0.130. The van der Waals surface area contributed by atoms with E-state index >= 15 is 0 Å². The van der Waals surface area contributed by atoms with E-state index in [1.165, 1.54) is 16.8 Å². The number of para-hydroxylation sites is 1. The monoisotopic (exact) mass is 383 g/mol. The van der Waals surface area contributed by atoms with Crippen molar-refractivity contribution in [1.82, 2.24) is 0 Å². The highest BCUT2D eigenvalue weighted by molar-refractivity contribution is 7.90. The fraction of sp³-hybridized carbons (Fsp3) is 0.190. The summed E-state index contributed by atoms with van der Waals surface area (Å²) in [6, 6.07) is 20.9. The lowest BCUT2D eigenvalue weighted by Gasteiger charge is -2.15. The summed E-state index contributed by atoms with van der Waals surface area (Å²) >= 11 is 0. The Balaban J connectivity index is 1.65. The second kappa shape index (κ2) is 7.90. The van der Waals surface area contributed by atoms with E-state index in [0.29, 0.717) is 12.2 Å². The van der Waals surface area contributed by atoms with Gasteiger partial charge in [0.2, 0.25) is 0 Å². The Morgan fingerprint density at radius 2 is 1.63 bits per heavy atom. The van der Waals surface area contributed by atoms with Gasteiger partial charge in [-0.2, -0.15) is 0 Å². The van der Waals surface area contributed by atoms with Gasteiger partial charge in [0.25, 0.3) is 5.91 Å². The second-order valence-corrected chi connectivity index (χ2v) is 8.79. The van der Waals surface area contributed by atoms with Crippen LogP contribution < -0.4 is 10.2 Å². The van der Waals surface area contributed by atoms with Crippen molar-refractivity contribution in [3.63, 3.8) is 0 Å². The van der Waals surface area contributed by atoms with Gasteiger partial charge in [0.15, 0.2) is 16.4 Å². The number of hydrogen-bond acceptors (Lipinski definition) is 3. The van der Waals surface area contributed by atoms with Crippen LogP contribution in [0.25, 0.3) is 10.8 Å². The maximum absolute atomic E-state index is 12.4. The molecule has 3 aromatic rings. The average Bonchev–Trinajstić information content (AvgIpc) is 2.61. The van der Waals surface area contributed by atoms with Crippen LogP contribution in [-0.2, 0) is 21.2 Å². The van der Waals surface area contributed by atoms with Gasteiger partial charge in [-0.15, -0.1) is 0 Å². The van der Waals surface area contributed by atoms with Crippen molar-refractivity contribution in [3.8, 4) is 0 Å². The second-order valence-electron chi connectivity index (χ2n) is 6.81. The standard InChI is InChI=1S/C21H22N2O3S/c1-23(14-16-11-12-17-7-3-4-8-18(17)13-16)15-21(24)22-19-9-5-6-10-20(19)27(2,25)26/h3-13H,14-15H2,1-2H3,(H,22,24)/p+1. The number of hydrogen-bond donors (Lipinski definition) is 2. The van der Waals surface area contributed by atoms with Gasteiger partial charge in [-0.05, 0) is 29.0 Å². The normalized spacial score (nSPS) is 12.7. The highest BCUT2D eigenvalue weighted by Gasteiger charge is 2.16. The van der Waals surface area contributed by atoms with E-state index in [9.17, 15) is 13.2 Å². The number of amides is 1. The first-order valence-corrected chi connectivity index (χ1v) is 10.6. The number of benzene rings is 3. The Bertz CT molecular complexity index is 1080. The van der Waals surface area contributed by atoms with Gasteiger partial charge < -0.3 is 10.2 Å². The number of quaternary nitrogens is 1. The largest absolute Gasteiger partial charge is 0.326 e. The number of anilines is 1. The summed E-state index contributed by atoms with van der Waals surface area (Å²) in [5.74, 6) is -0.218. The summed E-state index contributed by atoms with van der Waals surface area (Å²) in [4.78, 5) is 13.5. The van der Waals surface area contributed by atoms with E-state index in [4.69, 9.17) is 0 Å². The van der Waals surface area contributed by atoms with Crippen molar-refractivity contribution < 1.29 is 18.1 Å². The molecule has 1 atom stereocenters. The highest BCUT2D eigenvalue weighted by Crippen LogP contribution is 2.20. The fourth-order valence-electron chi connectivity index (χ4n) is 3.12. The molecule has 0 aliphatic carbocycles. The molecule has 0 aromatic heterocycles. The summed E-state index contributed by atoms with van der Waals surface area (Å²) < 4.78 is 23.7. The summed E-state index contributed by atoms with van der Waals surface area (Å²) in [5.41, 5.74) is 1.47. The van der Waals surface area contributed by atoms with Gasteiger partial charge >= 0.3 is 0 Å². The lowest BCUT2D eigenvalue weighted by molar-refractivity contribution is -0.885. The van der Waals surface area contributed by atoms with Crippen molar-refractivity contribution in [2.24, 2.45) is 0 Å². The van der Waals surface area contributed by atoms with Gasteiger partial charge in [-0.1, -0.05) is 48.5 Å². The van der Waals surface area contributed by atoms with Crippen molar-refractivity contribution in [2.75, 3.05) is 25.2 Å². The van der Waals surface area contributed by atoms with Gasteiger partial charge in [0.05, 0.1) is 17.6 Å². The molecule has 140 valence electrons. The molecule has 1 amide bonds. The molecule has 0 spiro atoms. The lowest BCUT2D eigenvalue weighted by Crippen LogP contribution is -3.08. The van der Waals surface area contributed by atoms with Crippen LogP contribution in [0.15, 0.2) is 71.6 Å². The topological polar surface area (TPSA) is 67.7 Å². The van der Waals surface area contributed by atoms with Gasteiger partial charge in [0.1, 0.15) is 6.54 Å². The summed E-state index contributed by atoms with van der Waals surface area (Å²) in [7, 11) is -1.46. The Labute approximate surface area is 159 Å². The molecule has 3 aromatic carbocycles. The first-order valence-electron chi connectivity index (χ1n) is 8.71. The third-order valence-corrected chi connectivity index (χ3v) is 5.50. The van der Waals surface area contributed by atoms with Crippen LogP contribution in [0.1, 0.15) is 5.56 Å². The maximum Gasteiger partial charge on any atom is 0.279 e. The molecule has 0 radical (unpaired) electrons. The van der Waals surface area contributed by atoms with E-state index in [2.05, 4.69) is 35.6 Å². The van der Waals surface area contributed by atoms with Crippen LogP contribution in [0, 0.1) is 0 Å². The van der Waals surface area contributed by atoms with Gasteiger partial charge in [0, 0.05) is 11.8 Å². The number of likely N-dealkylation sites (N-methyl/N-ethyl adjacent to an activating group) is 1. The molecule has 0 aliphatic heterocycles. The number of sulfone groups is 1. The fourth-order valence-corrected chi connectivity index (χ4v) is 3.97. The van der Waals surface area contributed by atoms with E-state index in [0.717, 1.165) is 16.7 Å². The first kappa shape index (κ1) is 19.1. The summed E-state index contributed by atoms with van der Waals surface area (Å²) in [5, 5.41) is 5.09. The summed E-state index contributed by atoms with van der Waals surface area (Å²) in [6.45, 7) is 0.941. The van der Waals surface area contributed by atoms with E-state index in [1.54, 1.807) is 18.2 Å². The Morgan fingerprint density at radius 3 is 2.37 bits per heavy atom. The molecule has 3 rings (SSSR count). The van der Waals surface area contributed by atoms with Crippen LogP contribution in [0.4, 0.5) is 5.69 Å². The predicted molar refractivity (Wildman–Crippen MR) is 108 cm³/mol. The van der Waals surface area contributed by atoms with Crippen LogP contribution in [-0.4, -0.2) is 34.2 Å². The van der Waals surface area contributed by atoms with Crippen LogP contribution in [0.5, 0.6) is 0 Å².